The molecule has 1 atom stereocenters. The van der Waals surface area contributed by atoms with Gasteiger partial charge in [-0.25, -0.2) is 4.98 Å². The lowest BCUT2D eigenvalue weighted by atomic mass is 10.0. The summed E-state index contributed by atoms with van der Waals surface area (Å²) in [5.41, 5.74) is 0. The van der Waals surface area contributed by atoms with Crippen molar-refractivity contribution in [1.82, 2.24) is 14.8 Å². The Morgan fingerprint density at radius 3 is 2.44 bits per heavy atom. The lowest BCUT2D eigenvalue weighted by Gasteiger charge is -2.09. The van der Waals surface area contributed by atoms with Crippen LogP contribution in [-0.4, -0.2) is 26.0 Å². The van der Waals surface area contributed by atoms with Gasteiger partial charge >= 0.3 is 0 Å². The third kappa shape index (κ3) is 6.15. The van der Waals surface area contributed by atoms with Crippen molar-refractivity contribution in [2.24, 2.45) is 7.05 Å². The van der Waals surface area contributed by atoms with Crippen LogP contribution in [0, 0.1) is 0 Å². The van der Waals surface area contributed by atoms with E-state index in [1.807, 2.05) is 7.05 Å². The molecule has 0 aliphatic rings. The van der Waals surface area contributed by atoms with E-state index in [1.165, 1.54) is 44.9 Å². The monoisotopic (exact) mass is 253 g/mol. The van der Waals surface area contributed by atoms with Crippen molar-refractivity contribution in [2.45, 2.75) is 70.8 Å². The van der Waals surface area contributed by atoms with Gasteiger partial charge in [0.05, 0.1) is 6.10 Å². The van der Waals surface area contributed by atoms with Crippen LogP contribution < -0.4 is 0 Å². The number of aryl methyl sites for hydroxylation is 1. The highest BCUT2D eigenvalue weighted by Crippen LogP contribution is 2.11. The van der Waals surface area contributed by atoms with Gasteiger partial charge in [0.25, 0.3) is 0 Å². The molecule has 1 N–H and O–H groups in total. The lowest BCUT2D eigenvalue weighted by Crippen LogP contribution is -2.14. The van der Waals surface area contributed by atoms with Crippen molar-refractivity contribution in [2.75, 3.05) is 0 Å². The average molecular weight is 253 g/mol. The normalized spacial score (nSPS) is 12.8. The molecule has 1 aromatic rings. The van der Waals surface area contributed by atoms with Crippen molar-refractivity contribution < 1.29 is 5.11 Å². The van der Waals surface area contributed by atoms with Crippen LogP contribution in [-0.2, 0) is 13.5 Å². The summed E-state index contributed by atoms with van der Waals surface area (Å²) in [7, 11) is 1.86. The van der Waals surface area contributed by atoms with E-state index in [0.29, 0.717) is 6.42 Å². The molecule has 1 heterocycles. The number of nitrogens with zero attached hydrogens (tertiary/aromatic N) is 3. The van der Waals surface area contributed by atoms with Gasteiger partial charge in [-0.15, -0.1) is 0 Å². The zero-order valence-electron chi connectivity index (χ0n) is 11.8. The molecule has 4 heteroatoms. The maximum Gasteiger partial charge on any atom is 0.138 e. The Morgan fingerprint density at radius 1 is 1.17 bits per heavy atom. The molecular weight excluding hydrogens is 226 g/mol. The van der Waals surface area contributed by atoms with Crippen molar-refractivity contribution in [1.29, 1.82) is 0 Å². The summed E-state index contributed by atoms with van der Waals surface area (Å²) >= 11 is 0. The number of aliphatic hydroxyl groups excluding tert-OH is 1. The fourth-order valence-corrected chi connectivity index (χ4v) is 2.15. The van der Waals surface area contributed by atoms with Crippen LogP contribution in [0.4, 0.5) is 0 Å². The summed E-state index contributed by atoms with van der Waals surface area (Å²) < 4.78 is 1.73. The molecule has 0 aliphatic carbocycles. The summed E-state index contributed by atoms with van der Waals surface area (Å²) in [5, 5.41) is 13.9. The standard InChI is InChI=1S/C14H27N3O/c1-3-4-5-6-7-8-9-10-13(18)11-14-15-12-16-17(14)2/h12-13,18H,3-11H2,1-2H3. The average Bonchev–Trinajstić information content (AvgIpc) is 2.74. The molecule has 0 saturated heterocycles. The van der Waals surface area contributed by atoms with Gasteiger partial charge in [0.15, 0.2) is 0 Å². The van der Waals surface area contributed by atoms with Crippen LogP contribution in [0.25, 0.3) is 0 Å². The van der Waals surface area contributed by atoms with Gasteiger partial charge in [-0.3, -0.25) is 4.68 Å². The Kier molecular flexibility index (Phi) is 7.65. The minimum atomic E-state index is -0.274. The van der Waals surface area contributed by atoms with Crippen molar-refractivity contribution in [3.63, 3.8) is 0 Å². The third-order valence-electron chi connectivity index (χ3n) is 3.36. The first-order valence-corrected chi connectivity index (χ1v) is 7.25. The zero-order chi connectivity index (χ0) is 13.2. The number of hydrogen-bond donors (Lipinski definition) is 1. The molecule has 104 valence electrons. The quantitative estimate of drug-likeness (QED) is 0.652. The number of rotatable bonds is 10. The van der Waals surface area contributed by atoms with Crippen molar-refractivity contribution >= 4 is 0 Å². The van der Waals surface area contributed by atoms with Crippen LogP contribution in [0.5, 0.6) is 0 Å². The fraction of sp³-hybridized carbons (Fsp3) is 0.857. The number of aromatic nitrogens is 3. The Labute approximate surface area is 110 Å². The SMILES string of the molecule is CCCCCCCCCC(O)Cc1ncnn1C. The molecular formula is C14H27N3O. The molecule has 18 heavy (non-hydrogen) atoms. The topological polar surface area (TPSA) is 50.9 Å². The van der Waals surface area contributed by atoms with E-state index in [-0.39, 0.29) is 6.10 Å². The number of unbranched alkanes of at least 4 members (excludes halogenated alkanes) is 6. The van der Waals surface area contributed by atoms with E-state index in [2.05, 4.69) is 17.0 Å². The summed E-state index contributed by atoms with van der Waals surface area (Å²) in [5.74, 6) is 0.866. The summed E-state index contributed by atoms with van der Waals surface area (Å²) in [6.45, 7) is 2.24. The van der Waals surface area contributed by atoms with Gasteiger partial charge in [0, 0.05) is 13.5 Å². The maximum atomic E-state index is 9.91. The van der Waals surface area contributed by atoms with Gasteiger partial charge in [0.1, 0.15) is 12.2 Å². The largest absolute Gasteiger partial charge is 0.393 e. The van der Waals surface area contributed by atoms with E-state index in [4.69, 9.17) is 0 Å². The molecule has 1 unspecified atom stereocenters. The highest BCUT2D eigenvalue weighted by molar-refractivity contribution is 4.86. The molecule has 0 spiro atoms. The minimum Gasteiger partial charge on any atom is -0.393 e. The van der Waals surface area contributed by atoms with Crippen LogP contribution >= 0.6 is 0 Å². The Balaban J connectivity index is 2.00. The van der Waals surface area contributed by atoms with E-state index in [1.54, 1.807) is 4.68 Å². The Morgan fingerprint density at radius 2 is 1.83 bits per heavy atom. The van der Waals surface area contributed by atoms with Crippen molar-refractivity contribution in [3.05, 3.63) is 12.2 Å². The molecule has 0 fully saturated rings. The highest BCUT2D eigenvalue weighted by atomic mass is 16.3. The predicted octanol–water partition coefficient (Wildman–Crippen LogP) is 2.86. The predicted molar refractivity (Wildman–Crippen MR) is 73.3 cm³/mol. The van der Waals surface area contributed by atoms with E-state index in [9.17, 15) is 5.11 Å². The van der Waals surface area contributed by atoms with E-state index >= 15 is 0 Å². The number of hydrogen-bond acceptors (Lipinski definition) is 3. The second kappa shape index (κ2) is 9.09. The summed E-state index contributed by atoms with van der Waals surface area (Å²) in [6.07, 6.45) is 11.8. The fourth-order valence-electron chi connectivity index (χ4n) is 2.15. The second-order valence-corrected chi connectivity index (χ2v) is 5.07. The third-order valence-corrected chi connectivity index (χ3v) is 3.36. The van der Waals surface area contributed by atoms with Crippen LogP contribution in [0.3, 0.4) is 0 Å². The van der Waals surface area contributed by atoms with Gasteiger partial charge in [-0.2, -0.15) is 5.10 Å². The van der Waals surface area contributed by atoms with E-state index in [0.717, 1.165) is 18.7 Å². The van der Waals surface area contributed by atoms with Crippen LogP contribution in [0.15, 0.2) is 6.33 Å². The van der Waals surface area contributed by atoms with E-state index < -0.39 is 0 Å². The molecule has 0 bridgehead atoms. The first kappa shape index (κ1) is 15.2. The Hall–Kier alpha value is -0.900. The molecule has 1 aromatic heterocycles. The highest BCUT2D eigenvalue weighted by Gasteiger charge is 2.09. The smallest absolute Gasteiger partial charge is 0.138 e. The molecule has 0 aromatic carbocycles. The molecule has 4 nitrogen and oxygen atoms in total. The lowest BCUT2D eigenvalue weighted by molar-refractivity contribution is 0.157. The molecule has 0 amide bonds. The first-order valence-electron chi connectivity index (χ1n) is 7.25. The Bertz CT molecular complexity index is 312. The van der Waals surface area contributed by atoms with Gasteiger partial charge in [0.2, 0.25) is 0 Å². The molecule has 0 saturated carbocycles. The molecule has 1 rings (SSSR count). The number of aliphatic hydroxyl groups is 1. The minimum absolute atomic E-state index is 0.274. The maximum absolute atomic E-state index is 9.91. The summed E-state index contributed by atoms with van der Waals surface area (Å²) in [4.78, 5) is 4.13. The van der Waals surface area contributed by atoms with Crippen molar-refractivity contribution in [3.8, 4) is 0 Å². The zero-order valence-corrected chi connectivity index (χ0v) is 11.8. The first-order chi connectivity index (χ1) is 8.74. The molecule has 0 aliphatic heterocycles. The second-order valence-electron chi connectivity index (χ2n) is 5.07. The summed E-state index contributed by atoms with van der Waals surface area (Å²) in [6, 6.07) is 0. The van der Waals surface area contributed by atoms with Gasteiger partial charge < -0.3 is 5.11 Å². The van der Waals surface area contributed by atoms with Gasteiger partial charge in [-0.05, 0) is 6.42 Å². The van der Waals surface area contributed by atoms with Crippen LogP contribution in [0.1, 0.15) is 64.1 Å². The molecule has 0 radical (unpaired) electrons. The van der Waals surface area contributed by atoms with Crippen LogP contribution in [0.2, 0.25) is 0 Å². The van der Waals surface area contributed by atoms with Gasteiger partial charge in [-0.1, -0.05) is 51.9 Å².